The molecular formula is C15H21N3OS. The van der Waals surface area contributed by atoms with Crippen LogP contribution in [0.25, 0.3) is 11.0 Å². The van der Waals surface area contributed by atoms with Crippen LogP contribution in [0.5, 0.6) is 0 Å². The number of thioether (sulfide) groups is 1. The lowest BCUT2D eigenvalue weighted by atomic mass is 10.2. The number of nitrogens with one attached hydrogen (secondary N) is 1. The van der Waals surface area contributed by atoms with Crippen molar-refractivity contribution >= 4 is 28.7 Å². The number of carbonyl (C=O) groups excluding carboxylic acids is 1. The van der Waals surface area contributed by atoms with Gasteiger partial charge in [-0.3, -0.25) is 4.79 Å². The van der Waals surface area contributed by atoms with Gasteiger partial charge in [0.25, 0.3) is 0 Å². The predicted molar refractivity (Wildman–Crippen MR) is 84.8 cm³/mol. The molecule has 0 fully saturated rings. The molecule has 1 atom stereocenters. The van der Waals surface area contributed by atoms with E-state index in [0.29, 0.717) is 6.54 Å². The zero-order valence-corrected chi connectivity index (χ0v) is 13.0. The van der Waals surface area contributed by atoms with E-state index in [1.165, 1.54) is 0 Å². The van der Waals surface area contributed by atoms with Crippen LogP contribution in [-0.2, 0) is 17.1 Å². The summed E-state index contributed by atoms with van der Waals surface area (Å²) in [5, 5.41) is 3.01. The minimum absolute atomic E-state index is 0.0462. The van der Waals surface area contributed by atoms with Gasteiger partial charge in [-0.15, -0.1) is 0 Å². The highest BCUT2D eigenvalue weighted by Gasteiger charge is 2.13. The third kappa shape index (κ3) is 3.33. The second-order valence-electron chi connectivity index (χ2n) is 4.91. The zero-order valence-electron chi connectivity index (χ0n) is 12.2. The summed E-state index contributed by atoms with van der Waals surface area (Å²) in [7, 11) is 0. The standard InChI is InChI=1S/C15H21N3OS/c1-4-11(2)16-15(19)9-18-13-8-6-5-7-12(13)17-14(18)10-20-3/h5-8,11H,4,9-10H2,1-3H3,(H,16,19)/t11-/m0/s1. The molecule has 1 heterocycles. The van der Waals surface area contributed by atoms with Crippen molar-refractivity contribution in [2.75, 3.05) is 6.26 Å². The summed E-state index contributed by atoms with van der Waals surface area (Å²) in [6.45, 7) is 4.42. The summed E-state index contributed by atoms with van der Waals surface area (Å²) in [6.07, 6.45) is 2.98. The van der Waals surface area contributed by atoms with Gasteiger partial charge in [-0.1, -0.05) is 19.1 Å². The monoisotopic (exact) mass is 291 g/mol. The first-order chi connectivity index (χ1) is 9.65. The van der Waals surface area contributed by atoms with Crippen molar-refractivity contribution in [3.8, 4) is 0 Å². The molecule has 1 N–H and O–H groups in total. The molecule has 0 aliphatic rings. The maximum Gasteiger partial charge on any atom is 0.240 e. The number of rotatable bonds is 6. The fraction of sp³-hybridized carbons (Fsp3) is 0.467. The van der Waals surface area contributed by atoms with Gasteiger partial charge in [0, 0.05) is 6.04 Å². The van der Waals surface area contributed by atoms with Gasteiger partial charge in [0.05, 0.1) is 16.8 Å². The number of fused-ring (bicyclic) bond motifs is 1. The van der Waals surface area contributed by atoms with E-state index in [4.69, 9.17) is 0 Å². The van der Waals surface area contributed by atoms with Crippen LogP contribution in [0.3, 0.4) is 0 Å². The smallest absolute Gasteiger partial charge is 0.240 e. The van der Waals surface area contributed by atoms with E-state index in [2.05, 4.69) is 17.2 Å². The third-order valence-electron chi connectivity index (χ3n) is 3.33. The van der Waals surface area contributed by atoms with Crippen LogP contribution in [0.2, 0.25) is 0 Å². The average molecular weight is 291 g/mol. The Morgan fingerprint density at radius 2 is 2.20 bits per heavy atom. The quantitative estimate of drug-likeness (QED) is 0.890. The Kier molecular flexibility index (Phi) is 5.06. The van der Waals surface area contributed by atoms with E-state index in [1.54, 1.807) is 11.8 Å². The highest BCUT2D eigenvalue weighted by atomic mass is 32.2. The first kappa shape index (κ1) is 14.9. The molecule has 1 aromatic heterocycles. The number of aromatic nitrogens is 2. The van der Waals surface area contributed by atoms with Crippen LogP contribution in [0.4, 0.5) is 0 Å². The fourth-order valence-electron chi connectivity index (χ4n) is 2.11. The number of imidazole rings is 1. The number of carbonyl (C=O) groups is 1. The molecule has 0 radical (unpaired) electrons. The Labute approximate surface area is 124 Å². The molecule has 0 spiro atoms. The van der Waals surface area contributed by atoms with Crippen molar-refractivity contribution < 1.29 is 4.79 Å². The van der Waals surface area contributed by atoms with Crippen molar-refractivity contribution in [1.29, 1.82) is 0 Å². The van der Waals surface area contributed by atoms with E-state index >= 15 is 0 Å². The highest BCUT2D eigenvalue weighted by molar-refractivity contribution is 7.97. The lowest BCUT2D eigenvalue weighted by molar-refractivity contribution is -0.122. The average Bonchev–Trinajstić information content (AvgIpc) is 2.77. The molecule has 1 aromatic carbocycles. The predicted octanol–water partition coefficient (Wildman–Crippen LogP) is 2.81. The van der Waals surface area contributed by atoms with Gasteiger partial charge in [0.2, 0.25) is 5.91 Å². The Morgan fingerprint density at radius 3 is 2.90 bits per heavy atom. The molecule has 20 heavy (non-hydrogen) atoms. The van der Waals surface area contributed by atoms with E-state index < -0.39 is 0 Å². The summed E-state index contributed by atoms with van der Waals surface area (Å²) < 4.78 is 2.02. The Hall–Kier alpha value is -1.49. The van der Waals surface area contributed by atoms with Crippen molar-refractivity contribution in [2.24, 2.45) is 0 Å². The number of hydrogen-bond donors (Lipinski definition) is 1. The van der Waals surface area contributed by atoms with E-state index in [1.807, 2.05) is 42.0 Å². The molecule has 4 nitrogen and oxygen atoms in total. The van der Waals surface area contributed by atoms with Crippen LogP contribution in [0, 0.1) is 0 Å². The molecule has 0 unspecified atom stereocenters. The van der Waals surface area contributed by atoms with E-state index in [0.717, 1.165) is 29.0 Å². The summed E-state index contributed by atoms with van der Waals surface area (Å²) in [5.41, 5.74) is 1.98. The summed E-state index contributed by atoms with van der Waals surface area (Å²) in [5.74, 6) is 1.81. The van der Waals surface area contributed by atoms with Crippen LogP contribution < -0.4 is 5.32 Å². The van der Waals surface area contributed by atoms with Gasteiger partial charge < -0.3 is 9.88 Å². The van der Waals surface area contributed by atoms with Crippen LogP contribution in [-0.4, -0.2) is 27.8 Å². The van der Waals surface area contributed by atoms with Gasteiger partial charge in [-0.05, 0) is 31.7 Å². The maximum atomic E-state index is 12.1. The first-order valence-corrected chi connectivity index (χ1v) is 8.27. The van der Waals surface area contributed by atoms with Crippen molar-refractivity contribution in [3.63, 3.8) is 0 Å². The number of nitrogens with zero attached hydrogens (tertiary/aromatic N) is 2. The molecular weight excluding hydrogens is 270 g/mol. The van der Waals surface area contributed by atoms with Crippen molar-refractivity contribution in [1.82, 2.24) is 14.9 Å². The number of para-hydroxylation sites is 2. The molecule has 2 rings (SSSR count). The zero-order chi connectivity index (χ0) is 14.5. The van der Waals surface area contributed by atoms with Crippen LogP contribution in [0.1, 0.15) is 26.1 Å². The Bertz CT molecular complexity index is 594. The van der Waals surface area contributed by atoms with Gasteiger partial charge in [0.15, 0.2) is 0 Å². The molecule has 1 amide bonds. The van der Waals surface area contributed by atoms with Crippen molar-refractivity contribution in [3.05, 3.63) is 30.1 Å². The molecule has 0 aliphatic heterocycles. The molecule has 108 valence electrons. The van der Waals surface area contributed by atoms with Crippen LogP contribution >= 0.6 is 11.8 Å². The van der Waals surface area contributed by atoms with E-state index in [-0.39, 0.29) is 11.9 Å². The maximum absolute atomic E-state index is 12.1. The Balaban J connectivity index is 2.27. The fourth-order valence-corrected chi connectivity index (χ4v) is 2.59. The van der Waals surface area contributed by atoms with E-state index in [9.17, 15) is 4.79 Å². The number of amides is 1. The molecule has 2 aromatic rings. The summed E-state index contributed by atoms with van der Waals surface area (Å²) in [4.78, 5) is 16.7. The van der Waals surface area contributed by atoms with Gasteiger partial charge in [0.1, 0.15) is 12.4 Å². The first-order valence-electron chi connectivity index (χ1n) is 6.88. The summed E-state index contributed by atoms with van der Waals surface area (Å²) >= 11 is 1.71. The molecule has 0 bridgehead atoms. The second-order valence-corrected chi connectivity index (χ2v) is 5.78. The highest BCUT2D eigenvalue weighted by Crippen LogP contribution is 2.18. The number of benzene rings is 1. The molecule has 0 saturated heterocycles. The van der Waals surface area contributed by atoms with Gasteiger partial charge >= 0.3 is 0 Å². The normalized spacial score (nSPS) is 12.6. The second kappa shape index (κ2) is 6.79. The number of hydrogen-bond acceptors (Lipinski definition) is 3. The van der Waals surface area contributed by atoms with Crippen molar-refractivity contribution in [2.45, 2.75) is 38.6 Å². The topological polar surface area (TPSA) is 46.9 Å². The largest absolute Gasteiger partial charge is 0.352 e. The molecule has 5 heteroatoms. The lowest BCUT2D eigenvalue weighted by Crippen LogP contribution is -2.34. The molecule has 0 aliphatic carbocycles. The third-order valence-corrected chi connectivity index (χ3v) is 3.88. The Morgan fingerprint density at radius 1 is 1.45 bits per heavy atom. The van der Waals surface area contributed by atoms with Crippen LogP contribution in [0.15, 0.2) is 24.3 Å². The lowest BCUT2D eigenvalue weighted by Gasteiger charge is -2.13. The molecule has 0 saturated carbocycles. The van der Waals surface area contributed by atoms with Gasteiger partial charge in [-0.2, -0.15) is 11.8 Å². The minimum atomic E-state index is 0.0462. The van der Waals surface area contributed by atoms with Gasteiger partial charge in [-0.25, -0.2) is 4.98 Å². The minimum Gasteiger partial charge on any atom is -0.352 e. The SMILES string of the molecule is CC[C@H](C)NC(=O)Cn1c(CSC)nc2ccccc21. The summed E-state index contributed by atoms with van der Waals surface area (Å²) in [6, 6.07) is 8.17.